The van der Waals surface area contributed by atoms with E-state index < -0.39 is 9.84 Å². The van der Waals surface area contributed by atoms with Crippen LogP contribution in [0.2, 0.25) is 0 Å². The van der Waals surface area contributed by atoms with Gasteiger partial charge in [-0.3, -0.25) is 0 Å². The first kappa shape index (κ1) is 15.4. The van der Waals surface area contributed by atoms with Crippen molar-refractivity contribution in [1.82, 2.24) is 0 Å². The lowest BCUT2D eigenvalue weighted by Crippen LogP contribution is -1.97. The van der Waals surface area contributed by atoms with E-state index in [4.69, 9.17) is 0 Å². The summed E-state index contributed by atoms with van der Waals surface area (Å²) >= 11 is 0. The third-order valence-corrected chi connectivity index (χ3v) is 3.64. The molecule has 0 saturated heterocycles. The Morgan fingerprint density at radius 1 is 1.26 bits per heavy atom. The van der Waals surface area contributed by atoms with Crippen LogP contribution in [0.15, 0.2) is 59.3 Å². The highest BCUT2D eigenvalue weighted by atomic mass is 32.2. The first-order valence-electron chi connectivity index (χ1n) is 5.75. The molecule has 0 aliphatic carbocycles. The molecule has 0 aliphatic rings. The van der Waals surface area contributed by atoms with Crippen molar-refractivity contribution in [3.8, 4) is 0 Å². The average Bonchev–Trinajstić information content (AvgIpc) is 2.28. The average molecular weight is 280 g/mol. The molecular formula is C15H17FO2S. The maximum absolute atomic E-state index is 14.0. The van der Waals surface area contributed by atoms with Crippen LogP contribution in [-0.2, 0) is 9.84 Å². The van der Waals surface area contributed by atoms with Gasteiger partial charge in [-0.05, 0) is 37.6 Å². The summed E-state index contributed by atoms with van der Waals surface area (Å²) in [5.74, 6) is -0.387. The van der Waals surface area contributed by atoms with Crippen LogP contribution in [-0.4, -0.2) is 14.7 Å². The number of halogens is 1. The molecular weight excluding hydrogens is 263 g/mol. The zero-order valence-electron chi connectivity index (χ0n) is 11.3. The van der Waals surface area contributed by atoms with E-state index in [1.165, 1.54) is 18.2 Å². The molecule has 1 rings (SSSR count). The van der Waals surface area contributed by atoms with E-state index in [0.29, 0.717) is 16.7 Å². The zero-order chi connectivity index (χ0) is 14.6. The Balaban J connectivity index is 3.20. The predicted octanol–water partition coefficient (Wildman–Crippen LogP) is 3.92. The molecule has 0 aliphatic heterocycles. The van der Waals surface area contributed by atoms with E-state index in [1.54, 1.807) is 32.1 Å². The van der Waals surface area contributed by atoms with Crippen LogP contribution in [0.3, 0.4) is 0 Å². The van der Waals surface area contributed by atoms with Gasteiger partial charge >= 0.3 is 0 Å². The van der Waals surface area contributed by atoms with E-state index in [1.807, 2.05) is 0 Å². The number of hydrogen-bond donors (Lipinski definition) is 0. The van der Waals surface area contributed by atoms with Gasteiger partial charge in [0, 0.05) is 11.8 Å². The molecule has 4 heteroatoms. The van der Waals surface area contributed by atoms with Crippen LogP contribution in [0.25, 0.3) is 5.57 Å². The Morgan fingerprint density at radius 3 is 2.16 bits per heavy atom. The van der Waals surface area contributed by atoms with Crippen molar-refractivity contribution in [2.45, 2.75) is 18.7 Å². The summed E-state index contributed by atoms with van der Waals surface area (Å²) in [6.07, 6.45) is 4.13. The van der Waals surface area contributed by atoms with Crippen LogP contribution in [0.5, 0.6) is 0 Å². The second kappa shape index (κ2) is 5.97. The SMILES string of the molecule is C=C(C)/C=C(F)\C(=C/C)c1ccc(S(C)(=O)=O)cc1. The van der Waals surface area contributed by atoms with Gasteiger partial charge in [0.25, 0.3) is 0 Å². The van der Waals surface area contributed by atoms with Crippen LogP contribution in [0.1, 0.15) is 19.4 Å². The highest BCUT2D eigenvalue weighted by Gasteiger charge is 2.10. The van der Waals surface area contributed by atoms with Gasteiger partial charge in [0.05, 0.1) is 4.90 Å². The number of sulfone groups is 1. The van der Waals surface area contributed by atoms with Crippen molar-refractivity contribution < 1.29 is 12.8 Å². The van der Waals surface area contributed by atoms with Gasteiger partial charge in [0.2, 0.25) is 0 Å². The Morgan fingerprint density at radius 2 is 1.79 bits per heavy atom. The molecule has 19 heavy (non-hydrogen) atoms. The predicted molar refractivity (Wildman–Crippen MR) is 77.2 cm³/mol. The van der Waals surface area contributed by atoms with E-state index >= 15 is 0 Å². The number of allylic oxidation sites excluding steroid dienone is 5. The van der Waals surface area contributed by atoms with Crippen LogP contribution in [0, 0.1) is 0 Å². The van der Waals surface area contributed by atoms with Gasteiger partial charge in [0.15, 0.2) is 9.84 Å². The molecule has 0 heterocycles. The molecule has 0 amide bonds. The Kier molecular flexibility index (Phi) is 4.84. The normalized spacial score (nSPS) is 13.5. The first-order valence-corrected chi connectivity index (χ1v) is 7.64. The van der Waals surface area contributed by atoms with Gasteiger partial charge in [-0.15, -0.1) is 0 Å². The summed E-state index contributed by atoms with van der Waals surface area (Å²) in [4.78, 5) is 0.219. The Bertz CT molecular complexity index is 635. The number of hydrogen-bond acceptors (Lipinski definition) is 2. The van der Waals surface area contributed by atoms with E-state index in [-0.39, 0.29) is 10.7 Å². The van der Waals surface area contributed by atoms with Crippen molar-refractivity contribution in [3.63, 3.8) is 0 Å². The highest BCUT2D eigenvalue weighted by molar-refractivity contribution is 7.90. The lowest BCUT2D eigenvalue weighted by molar-refractivity contribution is 0.602. The zero-order valence-corrected chi connectivity index (χ0v) is 12.1. The second-order valence-electron chi connectivity index (χ2n) is 4.34. The topological polar surface area (TPSA) is 34.1 Å². The lowest BCUT2D eigenvalue weighted by atomic mass is 10.0. The van der Waals surface area contributed by atoms with E-state index in [2.05, 4.69) is 6.58 Å². The molecule has 0 bridgehead atoms. The summed E-state index contributed by atoms with van der Waals surface area (Å²) in [5.41, 5.74) is 1.66. The molecule has 0 fully saturated rings. The maximum atomic E-state index is 14.0. The summed E-state index contributed by atoms with van der Waals surface area (Å²) in [6, 6.07) is 6.14. The minimum atomic E-state index is -3.23. The summed E-state index contributed by atoms with van der Waals surface area (Å²) in [6.45, 7) is 7.06. The molecule has 0 radical (unpaired) electrons. The molecule has 0 saturated carbocycles. The van der Waals surface area contributed by atoms with Gasteiger partial charge in [-0.2, -0.15) is 0 Å². The number of benzene rings is 1. The molecule has 0 unspecified atom stereocenters. The van der Waals surface area contributed by atoms with Crippen LogP contribution < -0.4 is 0 Å². The summed E-state index contributed by atoms with van der Waals surface area (Å²) in [7, 11) is -3.23. The molecule has 2 nitrogen and oxygen atoms in total. The van der Waals surface area contributed by atoms with Crippen LogP contribution in [0.4, 0.5) is 4.39 Å². The minimum Gasteiger partial charge on any atom is -0.224 e. The van der Waals surface area contributed by atoms with Gasteiger partial charge < -0.3 is 0 Å². The van der Waals surface area contributed by atoms with Crippen molar-refractivity contribution in [2.24, 2.45) is 0 Å². The Labute approximate surface area is 113 Å². The van der Waals surface area contributed by atoms with Crippen molar-refractivity contribution in [1.29, 1.82) is 0 Å². The van der Waals surface area contributed by atoms with Crippen molar-refractivity contribution >= 4 is 15.4 Å². The number of rotatable bonds is 4. The van der Waals surface area contributed by atoms with Crippen molar-refractivity contribution in [3.05, 3.63) is 60.0 Å². The molecule has 102 valence electrons. The second-order valence-corrected chi connectivity index (χ2v) is 6.35. The highest BCUT2D eigenvalue weighted by Crippen LogP contribution is 2.26. The first-order chi connectivity index (χ1) is 8.75. The van der Waals surface area contributed by atoms with Crippen molar-refractivity contribution in [2.75, 3.05) is 6.26 Å². The summed E-state index contributed by atoms with van der Waals surface area (Å²) < 4.78 is 36.7. The van der Waals surface area contributed by atoms with Gasteiger partial charge in [-0.25, -0.2) is 12.8 Å². The third-order valence-electron chi connectivity index (χ3n) is 2.51. The van der Waals surface area contributed by atoms with Gasteiger partial charge in [-0.1, -0.05) is 30.4 Å². The quantitative estimate of drug-likeness (QED) is 0.783. The van der Waals surface area contributed by atoms with E-state index in [9.17, 15) is 12.8 Å². The smallest absolute Gasteiger partial charge is 0.175 e. The van der Waals surface area contributed by atoms with Crippen LogP contribution >= 0.6 is 0 Å². The largest absolute Gasteiger partial charge is 0.224 e. The third kappa shape index (κ3) is 4.17. The molecule has 0 atom stereocenters. The lowest BCUT2D eigenvalue weighted by Gasteiger charge is -2.06. The monoisotopic (exact) mass is 280 g/mol. The Hall–Kier alpha value is -1.68. The fraction of sp³-hybridized carbons (Fsp3) is 0.200. The standard InChI is InChI=1S/C15H17FO2S/c1-5-14(15(16)10-11(2)3)12-6-8-13(9-7-12)19(4,17)18/h5-10H,2H2,1,3-4H3/b14-5-,15-10+. The maximum Gasteiger partial charge on any atom is 0.175 e. The fourth-order valence-corrected chi connectivity index (χ4v) is 2.25. The molecule has 1 aromatic carbocycles. The fourth-order valence-electron chi connectivity index (χ4n) is 1.62. The molecule has 0 spiro atoms. The molecule has 1 aromatic rings. The van der Waals surface area contributed by atoms with Gasteiger partial charge in [0.1, 0.15) is 5.83 Å². The minimum absolute atomic E-state index is 0.219. The molecule has 0 N–H and O–H groups in total. The molecule has 0 aromatic heterocycles. The van der Waals surface area contributed by atoms with E-state index in [0.717, 1.165) is 6.26 Å². The summed E-state index contributed by atoms with van der Waals surface area (Å²) in [5, 5.41) is 0.